The molecule has 174 valence electrons. The van der Waals surface area contributed by atoms with E-state index in [9.17, 15) is 4.79 Å². The van der Waals surface area contributed by atoms with E-state index >= 15 is 0 Å². The predicted molar refractivity (Wildman–Crippen MR) is 139 cm³/mol. The molecule has 3 aromatic rings. The first-order chi connectivity index (χ1) is 15.8. The van der Waals surface area contributed by atoms with E-state index in [-0.39, 0.29) is 18.4 Å². The van der Waals surface area contributed by atoms with Gasteiger partial charge in [0.1, 0.15) is 5.82 Å². The number of carbonyl (C=O) groups is 1. The van der Waals surface area contributed by atoms with E-state index in [2.05, 4.69) is 27.7 Å². The molecule has 1 aromatic heterocycles. The van der Waals surface area contributed by atoms with Crippen LogP contribution in [0.2, 0.25) is 15.1 Å². The largest absolute Gasteiger partial charge is 0.377 e. The van der Waals surface area contributed by atoms with Crippen LogP contribution in [0.25, 0.3) is 10.9 Å². The number of carbonyl (C=O) groups excluding carboxylic acids is 1. The summed E-state index contributed by atoms with van der Waals surface area (Å²) in [5.41, 5.74) is 2.69. The third kappa shape index (κ3) is 5.65. The summed E-state index contributed by atoms with van der Waals surface area (Å²) in [5, 5.41) is 9.06. The van der Waals surface area contributed by atoms with E-state index in [1.807, 2.05) is 32.3 Å². The number of anilines is 2. The van der Waals surface area contributed by atoms with Crippen molar-refractivity contribution in [2.75, 3.05) is 24.3 Å². The Bertz CT molecular complexity index is 1160. The summed E-state index contributed by atoms with van der Waals surface area (Å²) in [7, 11) is 4.09. The summed E-state index contributed by atoms with van der Waals surface area (Å²) in [6, 6.07) is 14.0. The molecule has 5 nitrogen and oxygen atoms in total. The number of nitrogens with zero attached hydrogens (tertiary/aromatic N) is 2. The van der Waals surface area contributed by atoms with Crippen molar-refractivity contribution in [1.82, 2.24) is 10.3 Å². The zero-order valence-corrected chi connectivity index (χ0v) is 20.9. The Kier molecular flexibility index (Phi) is 7.52. The molecule has 0 atom stereocenters. The van der Waals surface area contributed by atoms with Crippen molar-refractivity contribution in [1.29, 1.82) is 0 Å². The first-order valence-corrected chi connectivity index (χ1v) is 12.2. The second-order valence-corrected chi connectivity index (χ2v) is 9.89. The maximum absolute atomic E-state index is 12.6. The van der Waals surface area contributed by atoms with Gasteiger partial charge in [-0.2, -0.15) is 0 Å². The molecule has 1 aliphatic carbocycles. The van der Waals surface area contributed by atoms with Crippen LogP contribution in [-0.2, 0) is 11.2 Å². The average molecular weight is 506 g/mol. The van der Waals surface area contributed by atoms with Crippen molar-refractivity contribution < 1.29 is 4.79 Å². The minimum atomic E-state index is -0.0932. The van der Waals surface area contributed by atoms with Gasteiger partial charge in [0, 0.05) is 53.9 Å². The first kappa shape index (κ1) is 23.9. The zero-order chi connectivity index (χ0) is 23.5. The maximum atomic E-state index is 12.6. The number of hydrogen-bond donors (Lipinski definition) is 2. The molecule has 0 unspecified atom stereocenters. The lowest BCUT2D eigenvalue weighted by atomic mass is 9.91. The van der Waals surface area contributed by atoms with Crippen molar-refractivity contribution in [2.45, 2.75) is 44.2 Å². The van der Waals surface area contributed by atoms with Crippen molar-refractivity contribution in [3.63, 3.8) is 0 Å². The summed E-state index contributed by atoms with van der Waals surface area (Å²) in [6.07, 6.45) is 3.82. The van der Waals surface area contributed by atoms with Crippen LogP contribution >= 0.6 is 34.8 Å². The van der Waals surface area contributed by atoms with E-state index < -0.39 is 0 Å². The van der Waals surface area contributed by atoms with Crippen LogP contribution in [-0.4, -0.2) is 37.1 Å². The summed E-state index contributed by atoms with van der Waals surface area (Å²) >= 11 is 18.5. The predicted octanol–water partition coefficient (Wildman–Crippen LogP) is 6.34. The molecule has 2 aromatic carbocycles. The van der Waals surface area contributed by atoms with Crippen LogP contribution < -0.4 is 15.5 Å². The molecule has 0 radical (unpaired) electrons. The highest BCUT2D eigenvalue weighted by molar-refractivity contribution is 6.44. The molecule has 1 heterocycles. The Morgan fingerprint density at radius 2 is 1.67 bits per heavy atom. The van der Waals surface area contributed by atoms with Crippen LogP contribution in [0.1, 0.15) is 31.2 Å². The quantitative estimate of drug-likeness (QED) is 0.384. The van der Waals surface area contributed by atoms with Crippen LogP contribution in [0.3, 0.4) is 0 Å². The number of amides is 1. The van der Waals surface area contributed by atoms with Crippen LogP contribution in [0, 0.1) is 0 Å². The number of fused-ring (bicyclic) bond motifs is 1. The van der Waals surface area contributed by atoms with Crippen LogP contribution in [0.4, 0.5) is 11.5 Å². The number of hydrogen-bond acceptors (Lipinski definition) is 4. The number of rotatable bonds is 6. The number of aromatic nitrogens is 1. The van der Waals surface area contributed by atoms with Crippen LogP contribution in [0.5, 0.6) is 0 Å². The molecule has 8 heteroatoms. The number of benzene rings is 2. The van der Waals surface area contributed by atoms with Gasteiger partial charge in [0.2, 0.25) is 5.91 Å². The zero-order valence-electron chi connectivity index (χ0n) is 18.7. The lowest BCUT2D eigenvalue weighted by Crippen LogP contribution is -2.40. The third-order valence-electron chi connectivity index (χ3n) is 6.10. The Balaban J connectivity index is 1.34. The SMILES string of the molecule is CN(C)c1cc(NC2CCC(NC(=O)Cc3c(Cl)ccc(Cl)c3Cl)CC2)nc2ccccc12. The number of pyridine rings is 1. The van der Waals surface area contributed by atoms with E-state index in [0.29, 0.717) is 26.7 Å². The minimum absolute atomic E-state index is 0.0932. The standard InChI is InChI=1S/C25H27Cl3N4O/c1-32(2)22-14-23(31-21-6-4-3-5-17(21)22)29-15-7-9-16(10-8-15)30-24(33)13-18-19(26)11-12-20(27)25(18)28/h3-6,11-12,14-16H,7-10,13H2,1-2H3,(H,29,31)(H,30,33). The smallest absolute Gasteiger partial charge is 0.224 e. The Hall–Kier alpha value is -2.21. The van der Waals surface area contributed by atoms with Gasteiger partial charge in [-0.1, -0.05) is 53.0 Å². The van der Waals surface area contributed by atoms with Gasteiger partial charge in [-0.3, -0.25) is 4.79 Å². The normalized spacial score (nSPS) is 18.2. The molecule has 1 amide bonds. The molecule has 0 spiro atoms. The summed E-state index contributed by atoms with van der Waals surface area (Å²) in [6.45, 7) is 0. The number of halogens is 3. The topological polar surface area (TPSA) is 57.3 Å². The van der Waals surface area contributed by atoms with Crippen molar-refractivity contribution in [2.24, 2.45) is 0 Å². The van der Waals surface area contributed by atoms with Crippen molar-refractivity contribution in [3.8, 4) is 0 Å². The van der Waals surface area contributed by atoms with Gasteiger partial charge in [-0.15, -0.1) is 0 Å². The number of nitrogens with one attached hydrogen (secondary N) is 2. The summed E-state index contributed by atoms with van der Waals surface area (Å²) < 4.78 is 0. The summed E-state index contributed by atoms with van der Waals surface area (Å²) in [5.74, 6) is 0.791. The molecule has 1 aliphatic rings. The monoisotopic (exact) mass is 504 g/mol. The van der Waals surface area contributed by atoms with E-state index in [1.165, 1.54) is 0 Å². The van der Waals surface area contributed by atoms with Gasteiger partial charge in [0.05, 0.1) is 22.0 Å². The molecular weight excluding hydrogens is 479 g/mol. The highest BCUT2D eigenvalue weighted by Crippen LogP contribution is 2.32. The van der Waals surface area contributed by atoms with Gasteiger partial charge in [0.25, 0.3) is 0 Å². The Morgan fingerprint density at radius 1 is 1.00 bits per heavy atom. The summed E-state index contributed by atoms with van der Waals surface area (Å²) in [4.78, 5) is 19.5. The lowest BCUT2D eigenvalue weighted by Gasteiger charge is -2.30. The van der Waals surface area contributed by atoms with E-state index in [0.717, 1.165) is 48.1 Å². The molecule has 0 aliphatic heterocycles. The fourth-order valence-electron chi connectivity index (χ4n) is 4.36. The second-order valence-electron chi connectivity index (χ2n) is 8.70. The van der Waals surface area contributed by atoms with Crippen molar-refractivity contribution in [3.05, 3.63) is 63.1 Å². The molecule has 0 bridgehead atoms. The fraction of sp³-hybridized carbons (Fsp3) is 0.360. The average Bonchev–Trinajstić information content (AvgIpc) is 2.80. The molecule has 33 heavy (non-hydrogen) atoms. The maximum Gasteiger partial charge on any atom is 0.224 e. The highest BCUT2D eigenvalue weighted by Gasteiger charge is 2.24. The number of para-hydroxylation sites is 1. The lowest BCUT2D eigenvalue weighted by molar-refractivity contribution is -0.121. The Labute approximate surface area is 209 Å². The Morgan fingerprint density at radius 3 is 2.39 bits per heavy atom. The van der Waals surface area contributed by atoms with Gasteiger partial charge in [-0.25, -0.2) is 4.98 Å². The van der Waals surface area contributed by atoms with Crippen LogP contribution in [0.15, 0.2) is 42.5 Å². The van der Waals surface area contributed by atoms with E-state index in [1.54, 1.807) is 12.1 Å². The molecule has 1 saturated carbocycles. The van der Waals surface area contributed by atoms with E-state index in [4.69, 9.17) is 39.8 Å². The van der Waals surface area contributed by atoms with Gasteiger partial charge >= 0.3 is 0 Å². The molecule has 2 N–H and O–H groups in total. The molecule has 1 fully saturated rings. The molecule has 4 rings (SSSR count). The van der Waals surface area contributed by atoms with Gasteiger partial charge in [-0.05, 0) is 43.9 Å². The minimum Gasteiger partial charge on any atom is -0.377 e. The van der Waals surface area contributed by atoms with Crippen molar-refractivity contribution >= 4 is 63.1 Å². The van der Waals surface area contributed by atoms with Gasteiger partial charge in [0.15, 0.2) is 0 Å². The first-order valence-electron chi connectivity index (χ1n) is 11.1. The molecular formula is C25H27Cl3N4O. The van der Waals surface area contributed by atoms with Gasteiger partial charge < -0.3 is 15.5 Å². The fourth-order valence-corrected chi connectivity index (χ4v) is 5.04. The second kappa shape index (κ2) is 10.4. The highest BCUT2D eigenvalue weighted by atomic mass is 35.5. The molecule has 0 saturated heterocycles. The third-order valence-corrected chi connectivity index (χ3v) is 7.29.